The van der Waals surface area contributed by atoms with Gasteiger partial charge in [-0.2, -0.15) is 0 Å². The van der Waals surface area contributed by atoms with Crippen LogP contribution in [0.4, 0.5) is 0 Å². The van der Waals surface area contributed by atoms with Gasteiger partial charge in [0, 0.05) is 39.3 Å². The molecule has 2 aromatic heterocycles. The van der Waals surface area contributed by atoms with Gasteiger partial charge in [-0.3, -0.25) is 9.55 Å². The van der Waals surface area contributed by atoms with E-state index in [1.807, 2.05) is 121 Å². The molecular formula is C69H67N3O. The number of hydrogen-bond acceptors (Lipinski definition) is 3. The number of imidazole rings is 1. The summed E-state index contributed by atoms with van der Waals surface area (Å²) in [5.74, 6) is 0.572. The number of fused-ring (bicyclic) bond motifs is 1. The predicted molar refractivity (Wildman–Crippen MR) is 309 cm³/mol. The van der Waals surface area contributed by atoms with Crippen LogP contribution >= 0.6 is 0 Å². The van der Waals surface area contributed by atoms with Crippen LogP contribution in [-0.2, 0) is 10.8 Å². The molecule has 4 nitrogen and oxygen atoms in total. The van der Waals surface area contributed by atoms with Gasteiger partial charge >= 0.3 is 0 Å². The molecule has 8 aromatic carbocycles. The van der Waals surface area contributed by atoms with Crippen LogP contribution in [0.5, 0.6) is 5.75 Å². The smallest absolute Gasteiger partial charge is 0.149 e. The maximum Gasteiger partial charge on any atom is 0.149 e. The summed E-state index contributed by atoms with van der Waals surface area (Å²) in [7, 11) is 0. The monoisotopic (exact) mass is 966 g/mol. The van der Waals surface area contributed by atoms with Crippen LogP contribution in [0.15, 0.2) is 188 Å². The molecule has 2 heterocycles. The summed E-state index contributed by atoms with van der Waals surface area (Å²) in [6.07, 6.45) is 1.65. The highest BCUT2D eigenvalue weighted by Crippen LogP contribution is 2.46. The van der Waals surface area contributed by atoms with Gasteiger partial charge in [-0.15, -0.1) is 0 Å². The lowest BCUT2D eigenvalue weighted by Crippen LogP contribution is -2.10. The number of phenolic OH excluding ortho intramolecular Hbond substituents is 1. The zero-order valence-corrected chi connectivity index (χ0v) is 42.3. The molecule has 0 amide bonds. The van der Waals surface area contributed by atoms with Crippen LogP contribution in [0.3, 0.4) is 0 Å². The number of nitrogens with zero attached hydrogens (tertiary/aromatic N) is 3. The second-order valence-corrected chi connectivity index (χ2v) is 20.8. The summed E-state index contributed by atoms with van der Waals surface area (Å²) < 4.78 is 103. The summed E-state index contributed by atoms with van der Waals surface area (Å²) in [6, 6.07) is 57.1. The fraction of sp³-hybridized carbons (Fsp3) is 0.217. The van der Waals surface area contributed by atoms with Gasteiger partial charge in [0.25, 0.3) is 0 Å². The van der Waals surface area contributed by atoms with Gasteiger partial charge in [0.15, 0.2) is 0 Å². The Morgan fingerprint density at radius 1 is 0.493 bits per heavy atom. The number of pyridine rings is 1. The Bertz CT molecular complexity index is 4060. The van der Waals surface area contributed by atoms with Gasteiger partial charge in [-0.05, 0) is 156 Å². The van der Waals surface area contributed by atoms with Crippen molar-refractivity contribution in [2.75, 3.05) is 0 Å². The van der Waals surface area contributed by atoms with Crippen molar-refractivity contribution in [3.63, 3.8) is 0 Å². The number of hydrogen-bond donors (Lipinski definition) is 1. The fourth-order valence-electron chi connectivity index (χ4n) is 9.80. The number of para-hydroxylation sites is 1. The number of phenols is 1. The largest absolute Gasteiger partial charge is 0.507 e. The molecule has 0 saturated carbocycles. The van der Waals surface area contributed by atoms with E-state index in [0.717, 1.165) is 55.6 Å². The molecule has 0 aliphatic carbocycles. The predicted octanol–water partition coefficient (Wildman–Crippen LogP) is 18.9. The van der Waals surface area contributed by atoms with E-state index in [1.165, 1.54) is 24.3 Å². The Morgan fingerprint density at radius 3 is 1.75 bits per heavy atom. The number of benzene rings is 8. The van der Waals surface area contributed by atoms with Crippen LogP contribution in [0.25, 0.3) is 95.0 Å². The zero-order valence-electron chi connectivity index (χ0n) is 54.3. The molecule has 4 heteroatoms. The SMILES string of the molecule is [2H]C([2H])([2H])c1cc(-c2ccc(C(C)(C)C)cc2)c(-n2c(-c3cc(C(C)C)cc(C(C)C)c3O)nc3c(-c4cc(-c5ccccc5)cc(-c5cc(-c6ccc(C(C([2H])([2H])[2H])(C([2H])([2H])[2H])C([2H])([2H])[2H])cc6)ccn5)c4)cccc32)cc1-c1ccccc1. The maximum atomic E-state index is 12.7. The average molecular weight is 966 g/mol. The molecule has 0 fully saturated rings. The molecule has 0 aliphatic heterocycles. The van der Waals surface area contributed by atoms with E-state index >= 15 is 0 Å². The van der Waals surface area contributed by atoms with Crippen molar-refractivity contribution < 1.29 is 21.6 Å². The standard InChI is InChI=1S/C69H67N3O/c1-43(2)51-39-58(44(3)4)66(73)61(40-51)67-71-65-57(53-36-52(46-19-14-12-15-20-46)37-54(38-53)62-41-50(33-34-70-62)47-25-29-55(30-26-47)68(6,7)8)23-18-24-63(65)72(67)64-42-59(48-21-16-13-17-22-48)45(5)35-60(64)49-27-31-56(32-28-49)69(9,10)11/h12-44,73H,1-11H3/i5D3,6D3,7D3,8D3. The first-order valence-electron chi connectivity index (χ1n) is 30.9. The number of aromatic nitrogens is 3. The van der Waals surface area contributed by atoms with Crippen LogP contribution in [0.2, 0.25) is 0 Å². The molecule has 0 radical (unpaired) electrons. The first-order chi connectivity index (χ1) is 39.9. The third-order valence-corrected chi connectivity index (χ3v) is 14.0. The van der Waals surface area contributed by atoms with Crippen LogP contribution < -0.4 is 0 Å². The molecule has 0 bridgehead atoms. The van der Waals surface area contributed by atoms with Gasteiger partial charge in [0.2, 0.25) is 0 Å². The van der Waals surface area contributed by atoms with Gasteiger partial charge < -0.3 is 5.11 Å². The minimum Gasteiger partial charge on any atom is -0.507 e. The van der Waals surface area contributed by atoms with Crippen molar-refractivity contribution in [3.05, 3.63) is 216 Å². The maximum absolute atomic E-state index is 12.7. The minimum absolute atomic E-state index is 0.0552. The van der Waals surface area contributed by atoms with Crippen molar-refractivity contribution in [2.24, 2.45) is 0 Å². The Labute approximate surface area is 450 Å². The molecular weight excluding hydrogens is 887 g/mol. The lowest BCUT2D eigenvalue weighted by atomic mass is 9.85. The second-order valence-electron chi connectivity index (χ2n) is 20.8. The summed E-state index contributed by atoms with van der Waals surface area (Å²) >= 11 is 0. The summed E-state index contributed by atoms with van der Waals surface area (Å²) in [6.45, 7) is 2.09. The highest BCUT2D eigenvalue weighted by atomic mass is 16.3. The van der Waals surface area contributed by atoms with E-state index in [1.54, 1.807) is 18.3 Å². The lowest BCUT2D eigenvalue weighted by Gasteiger charge is -2.22. The molecule has 0 saturated heterocycles. The molecule has 0 aliphatic rings. The van der Waals surface area contributed by atoms with Gasteiger partial charge in [-0.1, -0.05) is 196 Å². The van der Waals surface area contributed by atoms with E-state index in [9.17, 15) is 5.11 Å². The summed E-state index contributed by atoms with van der Waals surface area (Å²) in [5, 5.41) is 12.7. The second kappa shape index (κ2) is 19.3. The van der Waals surface area contributed by atoms with E-state index in [4.69, 9.17) is 26.4 Å². The van der Waals surface area contributed by atoms with Gasteiger partial charge in [0.1, 0.15) is 11.6 Å². The fourth-order valence-corrected chi connectivity index (χ4v) is 9.80. The quantitative estimate of drug-likeness (QED) is 0.149. The molecule has 1 N–H and O–H groups in total. The normalized spacial score (nSPS) is 15.2. The van der Waals surface area contributed by atoms with Crippen molar-refractivity contribution in [2.45, 2.75) is 98.5 Å². The Morgan fingerprint density at radius 2 is 1.11 bits per heavy atom. The first-order valence-corrected chi connectivity index (χ1v) is 24.9. The van der Waals surface area contributed by atoms with E-state index in [2.05, 4.69) is 77.3 Å². The number of aromatic hydroxyl groups is 1. The zero-order chi connectivity index (χ0) is 61.3. The minimum atomic E-state index is -3.40. The third kappa shape index (κ3) is 9.67. The van der Waals surface area contributed by atoms with Crippen molar-refractivity contribution in [1.29, 1.82) is 0 Å². The van der Waals surface area contributed by atoms with Crippen molar-refractivity contribution >= 4 is 11.0 Å². The third-order valence-electron chi connectivity index (χ3n) is 14.0. The molecule has 0 atom stereocenters. The van der Waals surface area contributed by atoms with Crippen LogP contribution in [0.1, 0.15) is 125 Å². The highest BCUT2D eigenvalue weighted by molar-refractivity contribution is 5.99. The number of aryl methyl sites for hydroxylation is 1. The van der Waals surface area contributed by atoms with Crippen molar-refractivity contribution in [1.82, 2.24) is 14.5 Å². The van der Waals surface area contributed by atoms with E-state index < -0.39 is 32.8 Å². The van der Waals surface area contributed by atoms with Crippen LogP contribution in [0, 0.1) is 6.85 Å². The van der Waals surface area contributed by atoms with E-state index in [0.29, 0.717) is 56.1 Å². The average Bonchev–Trinajstić information content (AvgIpc) is 1.54. The molecule has 10 aromatic rings. The van der Waals surface area contributed by atoms with Crippen LogP contribution in [-0.4, -0.2) is 19.6 Å². The van der Waals surface area contributed by atoms with E-state index in [-0.39, 0.29) is 34.1 Å². The highest BCUT2D eigenvalue weighted by Gasteiger charge is 2.27. The number of rotatable bonds is 10. The molecule has 0 spiro atoms. The molecule has 364 valence electrons. The van der Waals surface area contributed by atoms with Gasteiger partial charge in [0.05, 0.1) is 28.0 Å². The van der Waals surface area contributed by atoms with Gasteiger partial charge in [-0.25, -0.2) is 4.98 Å². The molecule has 73 heavy (non-hydrogen) atoms. The molecule has 0 unspecified atom stereocenters. The van der Waals surface area contributed by atoms with Crippen molar-refractivity contribution in [3.8, 4) is 89.7 Å². The first kappa shape index (κ1) is 36.1. The lowest BCUT2D eigenvalue weighted by molar-refractivity contribution is 0.466. The topological polar surface area (TPSA) is 50.9 Å². The Balaban J connectivity index is 1.25. The summed E-state index contributed by atoms with van der Waals surface area (Å²) in [5.41, 5.74) is 10.5. The Kier molecular flexibility index (Phi) is 9.56. The Hall–Kier alpha value is -7.82. The molecule has 10 rings (SSSR count). The summed E-state index contributed by atoms with van der Waals surface area (Å²) in [4.78, 5) is 10.5.